The molecule has 0 bridgehead atoms. The fourth-order valence-corrected chi connectivity index (χ4v) is 2.58. The van der Waals surface area contributed by atoms with Crippen molar-refractivity contribution in [2.24, 2.45) is 0 Å². The average molecular weight is 326 g/mol. The fraction of sp³-hybridized carbons (Fsp3) is 0.765. The number of anilines is 1. The van der Waals surface area contributed by atoms with Crippen molar-refractivity contribution in [1.29, 1.82) is 0 Å². The number of hydrogen-bond acceptors (Lipinski definition) is 5. The van der Waals surface area contributed by atoms with Crippen LogP contribution in [-0.2, 0) is 15.9 Å². The third-order valence-electron chi connectivity index (χ3n) is 3.86. The molecule has 0 aromatic carbocycles. The largest absolute Gasteiger partial charge is 0.377 e. The zero-order valence-corrected chi connectivity index (χ0v) is 16.0. The molecular formula is C17H31N3OS. The Balaban J connectivity index is 0.00000116. The number of aryl methyl sites for hydroxylation is 1. The van der Waals surface area contributed by atoms with Crippen LogP contribution >= 0.6 is 11.8 Å². The van der Waals surface area contributed by atoms with Gasteiger partial charge in [-0.3, -0.25) is 0 Å². The van der Waals surface area contributed by atoms with Gasteiger partial charge in [-0.05, 0) is 27.0 Å². The van der Waals surface area contributed by atoms with Gasteiger partial charge in [0, 0.05) is 19.0 Å². The highest BCUT2D eigenvalue weighted by molar-refractivity contribution is 7.99. The van der Waals surface area contributed by atoms with Crippen molar-refractivity contribution in [2.45, 2.75) is 58.8 Å². The molecule has 1 atom stereocenters. The highest BCUT2D eigenvalue weighted by Crippen LogP contribution is 2.34. The van der Waals surface area contributed by atoms with E-state index in [0.29, 0.717) is 6.04 Å². The Morgan fingerprint density at radius 2 is 2.05 bits per heavy atom. The quantitative estimate of drug-likeness (QED) is 0.839. The minimum absolute atomic E-state index is 0.0110. The van der Waals surface area contributed by atoms with Crippen LogP contribution in [0.15, 0.2) is 6.07 Å². The minimum atomic E-state index is 0.0110. The molecule has 1 aromatic rings. The summed E-state index contributed by atoms with van der Waals surface area (Å²) in [5.41, 5.74) is 1.12. The molecule has 0 saturated carbocycles. The maximum Gasteiger partial charge on any atom is 0.132 e. The van der Waals surface area contributed by atoms with Crippen LogP contribution in [0.1, 0.15) is 53.1 Å². The van der Waals surface area contributed by atoms with Gasteiger partial charge in [0.05, 0.1) is 29.7 Å². The first-order chi connectivity index (χ1) is 10.5. The number of thioether (sulfide) groups is 1. The first-order valence-electron chi connectivity index (χ1n) is 8.26. The van der Waals surface area contributed by atoms with Crippen molar-refractivity contribution in [3.63, 3.8) is 0 Å². The van der Waals surface area contributed by atoms with E-state index in [1.807, 2.05) is 25.6 Å². The molecule has 5 heteroatoms. The van der Waals surface area contributed by atoms with Crippen molar-refractivity contribution in [3.8, 4) is 0 Å². The lowest BCUT2D eigenvalue weighted by atomic mass is 10.1. The Labute approximate surface area is 140 Å². The molecule has 1 aliphatic heterocycles. The van der Waals surface area contributed by atoms with Crippen LogP contribution in [0.2, 0.25) is 0 Å². The molecule has 2 rings (SSSR count). The standard InChI is InChI=1S/C15H25N3OS.C2H6/c1-6-13-16-12(15(3,4)20-5)9-14(17-13)18-7-8-19-10-11(18)2;1-2/h9,11H,6-8,10H2,1-5H3;1-2H3. The van der Waals surface area contributed by atoms with E-state index in [-0.39, 0.29) is 4.75 Å². The Morgan fingerprint density at radius 1 is 1.36 bits per heavy atom. The summed E-state index contributed by atoms with van der Waals surface area (Å²) in [6, 6.07) is 2.52. The molecule has 1 saturated heterocycles. The first-order valence-corrected chi connectivity index (χ1v) is 9.48. The summed E-state index contributed by atoms with van der Waals surface area (Å²) in [5, 5.41) is 0. The minimum Gasteiger partial charge on any atom is -0.377 e. The highest BCUT2D eigenvalue weighted by atomic mass is 32.2. The fourth-order valence-electron chi connectivity index (χ4n) is 2.27. The first kappa shape index (κ1) is 19.2. The van der Waals surface area contributed by atoms with Gasteiger partial charge in [-0.2, -0.15) is 11.8 Å². The molecule has 1 unspecified atom stereocenters. The molecule has 126 valence electrons. The van der Waals surface area contributed by atoms with Gasteiger partial charge in [-0.25, -0.2) is 9.97 Å². The van der Waals surface area contributed by atoms with Crippen LogP contribution in [0.4, 0.5) is 5.82 Å². The van der Waals surface area contributed by atoms with E-state index < -0.39 is 0 Å². The van der Waals surface area contributed by atoms with Crippen LogP contribution in [0.5, 0.6) is 0 Å². The lowest BCUT2D eigenvalue weighted by Gasteiger charge is -2.35. The second kappa shape index (κ2) is 8.73. The Kier molecular flexibility index (Phi) is 7.63. The summed E-state index contributed by atoms with van der Waals surface area (Å²) in [5.74, 6) is 1.98. The van der Waals surface area contributed by atoms with E-state index in [9.17, 15) is 0 Å². The van der Waals surface area contributed by atoms with Gasteiger partial charge < -0.3 is 9.64 Å². The molecule has 0 spiro atoms. The summed E-state index contributed by atoms with van der Waals surface area (Å²) in [6.07, 6.45) is 2.99. The lowest BCUT2D eigenvalue weighted by Crippen LogP contribution is -2.44. The van der Waals surface area contributed by atoms with E-state index in [0.717, 1.165) is 43.5 Å². The maximum absolute atomic E-state index is 5.52. The van der Waals surface area contributed by atoms with Crippen LogP contribution in [0.25, 0.3) is 0 Å². The van der Waals surface area contributed by atoms with Gasteiger partial charge in [-0.15, -0.1) is 0 Å². The third kappa shape index (κ3) is 4.59. The SMILES string of the molecule is CC.CCc1nc(N2CCOCC2C)cc(C(C)(C)SC)n1. The Morgan fingerprint density at radius 3 is 2.59 bits per heavy atom. The molecular weight excluding hydrogens is 294 g/mol. The predicted octanol–water partition coefficient (Wildman–Crippen LogP) is 3.89. The van der Waals surface area contributed by atoms with Crippen molar-refractivity contribution < 1.29 is 4.74 Å². The van der Waals surface area contributed by atoms with Crippen LogP contribution in [0.3, 0.4) is 0 Å². The molecule has 0 radical (unpaired) electrons. The zero-order valence-electron chi connectivity index (χ0n) is 15.1. The third-order valence-corrected chi connectivity index (χ3v) is 5.09. The van der Waals surface area contributed by atoms with Crippen LogP contribution in [-0.4, -0.2) is 42.0 Å². The number of aromatic nitrogens is 2. The summed E-state index contributed by atoms with van der Waals surface area (Å²) < 4.78 is 5.53. The summed E-state index contributed by atoms with van der Waals surface area (Å²) in [7, 11) is 0. The summed E-state index contributed by atoms with van der Waals surface area (Å²) in [4.78, 5) is 11.8. The van der Waals surface area contributed by atoms with Crippen molar-refractivity contribution in [1.82, 2.24) is 9.97 Å². The highest BCUT2D eigenvalue weighted by Gasteiger charge is 2.26. The van der Waals surface area contributed by atoms with Gasteiger partial charge in [0.15, 0.2) is 0 Å². The maximum atomic E-state index is 5.52. The molecule has 1 aliphatic rings. The topological polar surface area (TPSA) is 38.2 Å². The van der Waals surface area contributed by atoms with E-state index in [4.69, 9.17) is 14.7 Å². The molecule has 2 heterocycles. The zero-order chi connectivity index (χ0) is 16.8. The van der Waals surface area contributed by atoms with Gasteiger partial charge in [0.25, 0.3) is 0 Å². The van der Waals surface area contributed by atoms with E-state index in [2.05, 4.69) is 44.9 Å². The predicted molar refractivity (Wildman–Crippen MR) is 96.9 cm³/mol. The van der Waals surface area contributed by atoms with Gasteiger partial charge in [0.1, 0.15) is 11.6 Å². The Hall–Kier alpha value is -0.810. The molecule has 0 amide bonds. The van der Waals surface area contributed by atoms with E-state index >= 15 is 0 Å². The summed E-state index contributed by atoms with van der Waals surface area (Å²) >= 11 is 1.82. The van der Waals surface area contributed by atoms with E-state index in [1.54, 1.807) is 0 Å². The molecule has 1 aromatic heterocycles. The van der Waals surface area contributed by atoms with Gasteiger partial charge in [0.2, 0.25) is 0 Å². The second-order valence-electron chi connectivity index (χ2n) is 5.71. The van der Waals surface area contributed by atoms with Crippen molar-refractivity contribution in [3.05, 3.63) is 17.6 Å². The van der Waals surface area contributed by atoms with E-state index in [1.165, 1.54) is 0 Å². The number of hydrogen-bond donors (Lipinski definition) is 0. The van der Waals surface area contributed by atoms with Crippen molar-refractivity contribution >= 4 is 17.6 Å². The Bertz CT molecular complexity index is 465. The molecule has 22 heavy (non-hydrogen) atoms. The average Bonchev–Trinajstić information content (AvgIpc) is 2.56. The summed E-state index contributed by atoms with van der Waals surface area (Å²) in [6.45, 7) is 15.2. The smallest absolute Gasteiger partial charge is 0.132 e. The molecule has 0 N–H and O–H groups in total. The molecule has 4 nitrogen and oxygen atoms in total. The van der Waals surface area contributed by atoms with Gasteiger partial charge >= 0.3 is 0 Å². The number of rotatable bonds is 4. The lowest BCUT2D eigenvalue weighted by molar-refractivity contribution is 0.0985. The van der Waals surface area contributed by atoms with Crippen LogP contribution in [0, 0.1) is 0 Å². The van der Waals surface area contributed by atoms with Gasteiger partial charge in [-0.1, -0.05) is 20.8 Å². The molecule has 1 fully saturated rings. The van der Waals surface area contributed by atoms with Crippen molar-refractivity contribution in [2.75, 3.05) is 30.9 Å². The monoisotopic (exact) mass is 325 g/mol. The second-order valence-corrected chi connectivity index (χ2v) is 7.14. The molecule has 0 aliphatic carbocycles. The number of ether oxygens (including phenoxy) is 1. The van der Waals surface area contributed by atoms with Crippen LogP contribution < -0.4 is 4.90 Å². The number of morpholine rings is 1. The number of nitrogens with zero attached hydrogens (tertiary/aromatic N) is 3. The normalized spacial score (nSPS) is 18.7.